The second-order valence-electron chi connectivity index (χ2n) is 6.90. The van der Waals surface area contributed by atoms with Gasteiger partial charge in [-0.05, 0) is 51.2 Å². The van der Waals surface area contributed by atoms with Crippen LogP contribution in [-0.2, 0) is 4.79 Å². The number of piperidine rings is 1. The first kappa shape index (κ1) is 14.8. The minimum Gasteiger partial charge on any atom is -0.341 e. The Morgan fingerprint density at radius 3 is 2.26 bits per heavy atom. The predicted octanol–water partition coefficient (Wildman–Crippen LogP) is 1.17. The number of likely N-dealkylation sites (tertiary alicyclic amines) is 1. The molecule has 2 fully saturated rings. The highest BCUT2D eigenvalue weighted by Gasteiger charge is 2.39. The fraction of sp³-hybridized carbons (Fsp3) is 0.933. The molecule has 2 rings (SSSR count). The van der Waals surface area contributed by atoms with Gasteiger partial charge in [0.15, 0.2) is 0 Å². The van der Waals surface area contributed by atoms with Crippen LogP contribution in [0.4, 0.5) is 0 Å². The molecule has 110 valence electrons. The maximum Gasteiger partial charge on any atom is 0.240 e. The number of nitrogens with zero attached hydrogens (tertiary/aromatic N) is 2. The van der Waals surface area contributed by atoms with Gasteiger partial charge in [-0.25, -0.2) is 0 Å². The molecule has 0 aromatic rings. The lowest BCUT2D eigenvalue weighted by Gasteiger charge is -2.41. The lowest BCUT2D eigenvalue weighted by atomic mass is 9.77. The first-order chi connectivity index (χ1) is 8.95. The summed E-state index contributed by atoms with van der Waals surface area (Å²) in [7, 11) is 4.02. The molecule has 2 aliphatic rings. The molecule has 0 saturated carbocycles. The molecular formula is C15H29N3O. The Hall–Kier alpha value is -0.610. The molecule has 0 aromatic carbocycles. The Morgan fingerprint density at radius 2 is 1.84 bits per heavy atom. The van der Waals surface area contributed by atoms with E-state index in [9.17, 15) is 4.79 Å². The van der Waals surface area contributed by atoms with Crippen LogP contribution in [0.2, 0.25) is 0 Å². The van der Waals surface area contributed by atoms with Crippen molar-refractivity contribution in [2.75, 3.05) is 40.3 Å². The first-order valence-corrected chi connectivity index (χ1v) is 7.61. The molecule has 4 heteroatoms. The van der Waals surface area contributed by atoms with Crippen LogP contribution in [0, 0.1) is 11.3 Å². The lowest BCUT2D eigenvalue weighted by molar-refractivity contribution is -0.139. The molecule has 0 aliphatic carbocycles. The minimum atomic E-state index is 0.0238. The summed E-state index contributed by atoms with van der Waals surface area (Å²) >= 11 is 0. The zero-order valence-corrected chi connectivity index (χ0v) is 12.9. The molecule has 4 nitrogen and oxygen atoms in total. The summed E-state index contributed by atoms with van der Waals surface area (Å²) < 4.78 is 0. The fourth-order valence-corrected chi connectivity index (χ4v) is 3.71. The maximum atomic E-state index is 12.7. The van der Waals surface area contributed by atoms with Crippen molar-refractivity contribution >= 4 is 5.91 Å². The summed E-state index contributed by atoms with van der Waals surface area (Å²) in [6.45, 7) is 8.45. The van der Waals surface area contributed by atoms with Gasteiger partial charge in [0.1, 0.15) is 0 Å². The summed E-state index contributed by atoms with van der Waals surface area (Å²) in [4.78, 5) is 16.8. The molecule has 0 bridgehead atoms. The number of nitrogens with one attached hydrogen (secondary N) is 1. The Balaban J connectivity index is 1.94. The van der Waals surface area contributed by atoms with Gasteiger partial charge >= 0.3 is 0 Å². The molecule has 0 unspecified atom stereocenters. The van der Waals surface area contributed by atoms with Crippen molar-refractivity contribution in [1.29, 1.82) is 0 Å². The van der Waals surface area contributed by atoms with Crippen molar-refractivity contribution in [1.82, 2.24) is 15.1 Å². The van der Waals surface area contributed by atoms with Gasteiger partial charge in [-0.1, -0.05) is 13.8 Å². The number of hydrogen-bond acceptors (Lipinski definition) is 3. The van der Waals surface area contributed by atoms with E-state index in [0.29, 0.717) is 17.2 Å². The van der Waals surface area contributed by atoms with E-state index < -0.39 is 0 Å². The second-order valence-corrected chi connectivity index (χ2v) is 6.90. The molecule has 1 spiro atoms. The smallest absolute Gasteiger partial charge is 0.240 e. The summed E-state index contributed by atoms with van der Waals surface area (Å²) in [5.74, 6) is 0.687. The third-order valence-corrected chi connectivity index (χ3v) is 4.91. The number of amides is 1. The Labute approximate surface area is 117 Å². The molecule has 2 aliphatic heterocycles. The van der Waals surface area contributed by atoms with Gasteiger partial charge < -0.3 is 10.2 Å². The topological polar surface area (TPSA) is 35.6 Å². The van der Waals surface area contributed by atoms with E-state index >= 15 is 0 Å². The zero-order valence-electron chi connectivity index (χ0n) is 12.9. The van der Waals surface area contributed by atoms with Crippen LogP contribution in [0.5, 0.6) is 0 Å². The van der Waals surface area contributed by atoms with Gasteiger partial charge in [0.25, 0.3) is 0 Å². The molecule has 19 heavy (non-hydrogen) atoms. The van der Waals surface area contributed by atoms with Gasteiger partial charge in [-0.3, -0.25) is 9.69 Å². The average molecular weight is 267 g/mol. The SMILES string of the molecule is CC(C)[C@@H](C(=O)N1CCC2(CCNC2)CC1)N(C)C. The Kier molecular flexibility index (Phi) is 4.51. The summed E-state index contributed by atoms with van der Waals surface area (Å²) in [5.41, 5.74) is 0.488. The third kappa shape index (κ3) is 3.11. The van der Waals surface area contributed by atoms with Crippen LogP contribution in [0.3, 0.4) is 0 Å². The van der Waals surface area contributed by atoms with Gasteiger partial charge in [0.2, 0.25) is 5.91 Å². The van der Waals surface area contributed by atoms with Crippen molar-refractivity contribution in [3.8, 4) is 0 Å². The number of carbonyl (C=O) groups is 1. The van der Waals surface area contributed by atoms with E-state index in [1.807, 2.05) is 14.1 Å². The molecule has 1 atom stereocenters. The van der Waals surface area contributed by atoms with Gasteiger partial charge in [0, 0.05) is 19.6 Å². The van der Waals surface area contributed by atoms with Crippen LogP contribution in [0.1, 0.15) is 33.1 Å². The van der Waals surface area contributed by atoms with E-state index in [-0.39, 0.29) is 6.04 Å². The third-order valence-electron chi connectivity index (χ3n) is 4.91. The van der Waals surface area contributed by atoms with E-state index in [1.165, 1.54) is 19.3 Å². The second kappa shape index (κ2) is 5.80. The standard InChI is InChI=1S/C15H29N3O/c1-12(2)13(17(3)4)14(19)18-9-6-15(7-10-18)5-8-16-11-15/h12-13,16H,5-11H2,1-4H3/t13-/m0/s1. The molecule has 2 saturated heterocycles. The average Bonchev–Trinajstić information content (AvgIpc) is 2.77. The number of likely N-dealkylation sites (N-methyl/N-ethyl adjacent to an activating group) is 1. The van der Waals surface area contributed by atoms with E-state index in [4.69, 9.17) is 0 Å². The van der Waals surface area contributed by atoms with Crippen molar-refractivity contribution in [2.45, 2.75) is 39.2 Å². The zero-order chi connectivity index (χ0) is 14.0. The Morgan fingerprint density at radius 1 is 1.21 bits per heavy atom. The number of rotatable bonds is 3. The quantitative estimate of drug-likeness (QED) is 0.834. The van der Waals surface area contributed by atoms with Crippen LogP contribution in [-0.4, -0.2) is 62.0 Å². The van der Waals surface area contributed by atoms with Crippen molar-refractivity contribution in [3.63, 3.8) is 0 Å². The van der Waals surface area contributed by atoms with Gasteiger partial charge in [-0.2, -0.15) is 0 Å². The lowest BCUT2D eigenvalue weighted by Crippen LogP contribution is -2.52. The first-order valence-electron chi connectivity index (χ1n) is 7.61. The molecular weight excluding hydrogens is 238 g/mol. The molecule has 0 aromatic heterocycles. The van der Waals surface area contributed by atoms with Gasteiger partial charge in [-0.15, -0.1) is 0 Å². The number of hydrogen-bond donors (Lipinski definition) is 1. The van der Waals surface area contributed by atoms with E-state index in [1.54, 1.807) is 0 Å². The fourth-order valence-electron chi connectivity index (χ4n) is 3.71. The largest absolute Gasteiger partial charge is 0.341 e. The number of carbonyl (C=O) groups excluding carboxylic acids is 1. The van der Waals surface area contributed by atoms with Crippen LogP contribution < -0.4 is 5.32 Å². The summed E-state index contributed by atoms with van der Waals surface area (Å²) in [6, 6.07) is 0.0238. The molecule has 1 amide bonds. The van der Waals surface area contributed by atoms with Crippen LogP contribution in [0.25, 0.3) is 0 Å². The maximum absolute atomic E-state index is 12.7. The van der Waals surface area contributed by atoms with Gasteiger partial charge in [0.05, 0.1) is 6.04 Å². The Bertz CT molecular complexity index is 303. The van der Waals surface area contributed by atoms with E-state index in [2.05, 4.69) is 29.0 Å². The minimum absolute atomic E-state index is 0.0238. The predicted molar refractivity (Wildman–Crippen MR) is 78.0 cm³/mol. The highest BCUT2D eigenvalue weighted by atomic mass is 16.2. The normalized spacial score (nSPS) is 24.4. The van der Waals surface area contributed by atoms with Crippen molar-refractivity contribution in [2.24, 2.45) is 11.3 Å². The monoisotopic (exact) mass is 267 g/mol. The molecule has 2 heterocycles. The highest BCUT2D eigenvalue weighted by Crippen LogP contribution is 2.37. The van der Waals surface area contributed by atoms with Crippen LogP contribution in [0.15, 0.2) is 0 Å². The van der Waals surface area contributed by atoms with E-state index in [0.717, 1.165) is 26.2 Å². The molecule has 0 radical (unpaired) electrons. The highest BCUT2D eigenvalue weighted by molar-refractivity contribution is 5.82. The summed E-state index contributed by atoms with van der Waals surface area (Å²) in [6.07, 6.45) is 3.63. The van der Waals surface area contributed by atoms with Crippen LogP contribution >= 0.6 is 0 Å². The van der Waals surface area contributed by atoms with Crippen molar-refractivity contribution in [3.05, 3.63) is 0 Å². The summed E-state index contributed by atoms with van der Waals surface area (Å²) in [5, 5.41) is 3.47. The molecule has 1 N–H and O–H groups in total. The van der Waals surface area contributed by atoms with Crippen molar-refractivity contribution < 1.29 is 4.79 Å².